The first-order chi connectivity index (χ1) is 9.82. The Kier molecular flexibility index (Phi) is 7.16. The molecule has 1 rings (SSSR count). The molecule has 0 aliphatic heterocycles. The van der Waals surface area contributed by atoms with Gasteiger partial charge in [-0.1, -0.05) is 33.8 Å². The number of anilines is 1. The maximum Gasteiger partial charge on any atom is 0.129 e. The minimum atomic E-state index is -0.113. The van der Waals surface area contributed by atoms with Gasteiger partial charge in [0.2, 0.25) is 0 Å². The van der Waals surface area contributed by atoms with Crippen molar-refractivity contribution < 1.29 is 4.39 Å². The van der Waals surface area contributed by atoms with E-state index in [-0.39, 0.29) is 5.82 Å². The molecule has 1 aromatic carbocycles. The van der Waals surface area contributed by atoms with Gasteiger partial charge in [0, 0.05) is 30.4 Å². The predicted molar refractivity (Wildman–Crippen MR) is 90.3 cm³/mol. The van der Waals surface area contributed by atoms with Gasteiger partial charge in [-0.25, -0.2) is 4.39 Å². The molecule has 0 spiro atoms. The minimum absolute atomic E-state index is 0.113. The van der Waals surface area contributed by atoms with Gasteiger partial charge in [0.1, 0.15) is 5.82 Å². The van der Waals surface area contributed by atoms with E-state index in [2.05, 4.69) is 51.8 Å². The molecule has 0 saturated heterocycles. The van der Waals surface area contributed by atoms with Crippen molar-refractivity contribution in [2.75, 3.05) is 18.0 Å². The molecule has 0 unspecified atom stereocenters. The van der Waals surface area contributed by atoms with E-state index >= 15 is 0 Å². The van der Waals surface area contributed by atoms with Crippen LogP contribution in [0.4, 0.5) is 10.1 Å². The van der Waals surface area contributed by atoms with Crippen LogP contribution in [0, 0.1) is 17.7 Å². The van der Waals surface area contributed by atoms with Crippen molar-refractivity contribution in [3.8, 4) is 0 Å². The van der Waals surface area contributed by atoms with Crippen molar-refractivity contribution in [1.82, 2.24) is 5.32 Å². The quantitative estimate of drug-likeness (QED) is 0.762. The fourth-order valence-corrected chi connectivity index (χ4v) is 2.46. The Morgan fingerprint density at radius 1 is 1.05 bits per heavy atom. The summed E-state index contributed by atoms with van der Waals surface area (Å²) in [4.78, 5) is 2.31. The Hall–Kier alpha value is -1.09. The molecule has 0 amide bonds. The molecule has 0 aliphatic rings. The summed E-state index contributed by atoms with van der Waals surface area (Å²) in [5.41, 5.74) is 1.81. The number of nitrogens with one attached hydrogen (secondary N) is 1. The first-order valence-corrected chi connectivity index (χ1v) is 8.07. The molecule has 0 fully saturated rings. The van der Waals surface area contributed by atoms with Crippen molar-refractivity contribution >= 4 is 5.69 Å². The van der Waals surface area contributed by atoms with Crippen LogP contribution in [-0.4, -0.2) is 19.1 Å². The third-order valence-electron chi connectivity index (χ3n) is 3.44. The molecule has 0 aliphatic carbocycles. The third-order valence-corrected chi connectivity index (χ3v) is 3.44. The largest absolute Gasteiger partial charge is 0.369 e. The smallest absolute Gasteiger partial charge is 0.129 e. The highest BCUT2D eigenvalue weighted by atomic mass is 19.1. The van der Waals surface area contributed by atoms with Gasteiger partial charge in [-0.2, -0.15) is 0 Å². The van der Waals surface area contributed by atoms with Gasteiger partial charge < -0.3 is 10.2 Å². The fourth-order valence-electron chi connectivity index (χ4n) is 2.46. The summed E-state index contributed by atoms with van der Waals surface area (Å²) < 4.78 is 14.3. The van der Waals surface area contributed by atoms with Crippen LogP contribution >= 0.6 is 0 Å². The molecular weight excluding hydrogens is 263 g/mol. The van der Waals surface area contributed by atoms with E-state index in [1.807, 2.05) is 12.1 Å². The van der Waals surface area contributed by atoms with Gasteiger partial charge in [-0.3, -0.25) is 0 Å². The van der Waals surface area contributed by atoms with Crippen molar-refractivity contribution in [3.05, 3.63) is 29.6 Å². The highest BCUT2D eigenvalue weighted by molar-refractivity contribution is 5.55. The van der Waals surface area contributed by atoms with Gasteiger partial charge in [0.15, 0.2) is 0 Å². The number of hydrogen-bond acceptors (Lipinski definition) is 2. The second-order valence-corrected chi connectivity index (χ2v) is 6.90. The van der Waals surface area contributed by atoms with Crippen molar-refractivity contribution in [2.45, 2.75) is 54.1 Å². The first kappa shape index (κ1) is 18.0. The fraction of sp³-hybridized carbons (Fsp3) is 0.667. The summed E-state index contributed by atoms with van der Waals surface area (Å²) in [6.45, 7) is 15.5. The van der Waals surface area contributed by atoms with Crippen LogP contribution in [-0.2, 0) is 6.54 Å². The Labute approximate surface area is 129 Å². The average molecular weight is 294 g/mol. The molecular formula is C18H31FN2. The van der Waals surface area contributed by atoms with Gasteiger partial charge in [0.05, 0.1) is 0 Å². The molecule has 1 aromatic rings. The van der Waals surface area contributed by atoms with Crippen LogP contribution in [0.1, 0.15) is 47.1 Å². The number of nitrogens with zero attached hydrogens (tertiary/aromatic N) is 1. The molecule has 0 heterocycles. The number of hydrogen-bond donors (Lipinski definition) is 1. The molecule has 0 atom stereocenters. The molecule has 120 valence electrons. The summed E-state index contributed by atoms with van der Waals surface area (Å²) in [5.74, 6) is 1.00. The Balaban J connectivity index is 3.00. The van der Waals surface area contributed by atoms with Crippen LogP contribution in [0.5, 0.6) is 0 Å². The monoisotopic (exact) mass is 294 g/mol. The van der Waals surface area contributed by atoms with Crippen molar-refractivity contribution in [1.29, 1.82) is 0 Å². The van der Waals surface area contributed by atoms with E-state index < -0.39 is 0 Å². The Morgan fingerprint density at radius 2 is 1.71 bits per heavy atom. The maximum absolute atomic E-state index is 14.3. The Bertz CT molecular complexity index is 427. The van der Waals surface area contributed by atoms with E-state index in [1.165, 1.54) is 0 Å². The van der Waals surface area contributed by atoms with Crippen LogP contribution in [0.2, 0.25) is 0 Å². The summed E-state index contributed by atoms with van der Waals surface area (Å²) in [7, 11) is 0. The summed E-state index contributed by atoms with van der Waals surface area (Å²) >= 11 is 0. The second kappa shape index (κ2) is 8.38. The molecule has 0 bridgehead atoms. The normalized spacial score (nSPS) is 11.7. The zero-order chi connectivity index (χ0) is 16.0. The van der Waals surface area contributed by atoms with Gasteiger partial charge >= 0.3 is 0 Å². The predicted octanol–water partition coefficient (Wildman–Crippen LogP) is 4.44. The first-order valence-electron chi connectivity index (χ1n) is 8.07. The lowest BCUT2D eigenvalue weighted by molar-refractivity contribution is 0.527. The molecule has 3 heteroatoms. The topological polar surface area (TPSA) is 15.3 Å². The highest BCUT2D eigenvalue weighted by Crippen LogP contribution is 2.26. The van der Waals surface area contributed by atoms with E-state index in [0.29, 0.717) is 24.4 Å². The molecule has 0 saturated carbocycles. The number of rotatable bonds is 8. The highest BCUT2D eigenvalue weighted by Gasteiger charge is 2.18. The summed E-state index contributed by atoms with van der Waals surface area (Å²) in [5, 5.41) is 3.36. The SMILES string of the molecule is CC(C)CNCc1c(F)cccc1N(CC(C)C)C(C)C. The number of benzene rings is 1. The zero-order valence-electron chi connectivity index (χ0n) is 14.4. The van der Waals surface area contributed by atoms with Gasteiger partial charge in [0.25, 0.3) is 0 Å². The lowest BCUT2D eigenvalue weighted by atomic mass is 10.1. The molecule has 0 aromatic heterocycles. The van der Waals surface area contributed by atoms with E-state index in [1.54, 1.807) is 6.07 Å². The second-order valence-electron chi connectivity index (χ2n) is 6.90. The maximum atomic E-state index is 14.3. The van der Waals surface area contributed by atoms with E-state index in [9.17, 15) is 4.39 Å². The van der Waals surface area contributed by atoms with Gasteiger partial charge in [-0.15, -0.1) is 0 Å². The third kappa shape index (κ3) is 5.66. The minimum Gasteiger partial charge on any atom is -0.369 e. The van der Waals surface area contributed by atoms with Gasteiger partial charge in [-0.05, 0) is 44.4 Å². The molecule has 0 radical (unpaired) electrons. The van der Waals surface area contributed by atoms with Crippen LogP contribution in [0.25, 0.3) is 0 Å². The molecule has 21 heavy (non-hydrogen) atoms. The van der Waals surface area contributed by atoms with Crippen LogP contribution in [0.15, 0.2) is 18.2 Å². The van der Waals surface area contributed by atoms with Crippen LogP contribution < -0.4 is 10.2 Å². The Morgan fingerprint density at radius 3 is 2.24 bits per heavy atom. The standard InChI is InChI=1S/C18H31FN2/c1-13(2)10-20-11-16-17(19)8-7-9-18(16)21(15(5)6)12-14(3)4/h7-9,13-15,20H,10-12H2,1-6H3. The van der Waals surface area contributed by atoms with E-state index in [4.69, 9.17) is 0 Å². The van der Waals surface area contributed by atoms with Crippen molar-refractivity contribution in [2.24, 2.45) is 11.8 Å². The van der Waals surface area contributed by atoms with Crippen LogP contribution in [0.3, 0.4) is 0 Å². The number of halogens is 1. The lowest BCUT2D eigenvalue weighted by Gasteiger charge is -2.32. The lowest BCUT2D eigenvalue weighted by Crippen LogP contribution is -2.35. The summed E-state index contributed by atoms with van der Waals surface area (Å²) in [6, 6.07) is 5.77. The zero-order valence-corrected chi connectivity index (χ0v) is 14.4. The summed E-state index contributed by atoms with van der Waals surface area (Å²) in [6.07, 6.45) is 0. The molecule has 2 nitrogen and oxygen atoms in total. The van der Waals surface area contributed by atoms with Crippen molar-refractivity contribution in [3.63, 3.8) is 0 Å². The molecule has 1 N–H and O–H groups in total. The van der Waals surface area contributed by atoms with E-state index in [0.717, 1.165) is 24.3 Å². The average Bonchev–Trinajstić information content (AvgIpc) is 2.37.